The first-order chi connectivity index (χ1) is 14.1. The van der Waals surface area contributed by atoms with E-state index in [1.807, 2.05) is 28.0 Å². The van der Waals surface area contributed by atoms with Crippen molar-refractivity contribution in [1.29, 1.82) is 0 Å². The van der Waals surface area contributed by atoms with Gasteiger partial charge in [-0.3, -0.25) is 14.4 Å². The molecule has 2 aromatic carbocycles. The third kappa shape index (κ3) is 4.47. The van der Waals surface area contributed by atoms with Gasteiger partial charge in [0.05, 0.1) is 0 Å². The van der Waals surface area contributed by atoms with Crippen LogP contribution in [-0.2, 0) is 11.3 Å². The van der Waals surface area contributed by atoms with Gasteiger partial charge in [0, 0.05) is 49.4 Å². The Balaban J connectivity index is 1.39. The van der Waals surface area contributed by atoms with Gasteiger partial charge in [-0.15, -0.1) is 0 Å². The predicted molar refractivity (Wildman–Crippen MR) is 111 cm³/mol. The molecule has 6 nitrogen and oxygen atoms in total. The summed E-state index contributed by atoms with van der Waals surface area (Å²) in [6.07, 6.45) is 3.63. The van der Waals surface area contributed by atoms with Crippen molar-refractivity contribution in [3.8, 4) is 0 Å². The molecule has 0 spiro atoms. The fourth-order valence-corrected chi connectivity index (χ4v) is 3.90. The second-order valence-electron chi connectivity index (χ2n) is 7.65. The van der Waals surface area contributed by atoms with E-state index in [0.717, 1.165) is 44.5 Å². The van der Waals surface area contributed by atoms with Crippen LogP contribution in [0.25, 0.3) is 0 Å². The average molecular weight is 391 g/mol. The summed E-state index contributed by atoms with van der Waals surface area (Å²) in [6, 6.07) is 14.4. The molecule has 2 aliphatic heterocycles. The molecular weight excluding hydrogens is 366 g/mol. The van der Waals surface area contributed by atoms with E-state index < -0.39 is 0 Å². The van der Waals surface area contributed by atoms with Crippen molar-refractivity contribution in [2.24, 2.45) is 0 Å². The first-order valence-corrected chi connectivity index (χ1v) is 10.2. The largest absolute Gasteiger partial charge is 0.339 e. The highest BCUT2D eigenvalue weighted by Crippen LogP contribution is 2.18. The second kappa shape index (κ2) is 8.47. The van der Waals surface area contributed by atoms with Crippen LogP contribution in [-0.4, -0.2) is 47.2 Å². The van der Waals surface area contributed by atoms with Crippen LogP contribution in [0.4, 0.5) is 5.69 Å². The summed E-state index contributed by atoms with van der Waals surface area (Å²) < 4.78 is 0. The fourth-order valence-electron chi connectivity index (χ4n) is 3.90. The minimum absolute atomic E-state index is 0.0459. The van der Waals surface area contributed by atoms with Crippen LogP contribution in [0, 0.1) is 0 Å². The van der Waals surface area contributed by atoms with E-state index >= 15 is 0 Å². The van der Waals surface area contributed by atoms with Crippen molar-refractivity contribution >= 4 is 23.4 Å². The van der Waals surface area contributed by atoms with Crippen molar-refractivity contribution in [2.75, 3.05) is 25.0 Å². The highest BCUT2D eigenvalue weighted by atomic mass is 16.2. The Morgan fingerprint density at radius 1 is 0.897 bits per heavy atom. The van der Waals surface area contributed by atoms with Gasteiger partial charge in [0.15, 0.2) is 0 Å². The van der Waals surface area contributed by atoms with Gasteiger partial charge in [-0.1, -0.05) is 12.1 Å². The molecule has 150 valence electrons. The molecule has 2 fully saturated rings. The second-order valence-corrected chi connectivity index (χ2v) is 7.65. The third-order valence-electron chi connectivity index (χ3n) is 5.52. The zero-order valence-corrected chi connectivity index (χ0v) is 16.4. The molecule has 2 saturated heterocycles. The number of rotatable bonds is 5. The summed E-state index contributed by atoms with van der Waals surface area (Å²) in [5.41, 5.74) is 2.78. The van der Waals surface area contributed by atoms with Crippen molar-refractivity contribution in [2.45, 2.75) is 32.2 Å². The number of hydrogen-bond acceptors (Lipinski definition) is 3. The molecule has 2 heterocycles. The number of amides is 3. The normalized spacial score (nSPS) is 16.3. The van der Waals surface area contributed by atoms with Gasteiger partial charge in [-0.25, -0.2) is 0 Å². The number of anilines is 1. The maximum atomic E-state index is 12.6. The molecular formula is C23H25N3O3. The summed E-state index contributed by atoms with van der Waals surface area (Å²) in [4.78, 5) is 40.6. The Bertz CT molecular complexity index is 917. The molecule has 3 amide bonds. The van der Waals surface area contributed by atoms with Gasteiger partial charge in [0.25, 0.3) is 11.8 Å². The summed E-state index contributed by atoms with van der Waals surface area (Å²) in [5, 5.41) is 2.88. The van der Waals surface area contributed by atoms with Crippen molar-refractivity contribution in [1.82, 2.24) is 9.80 Å². The third-order valence-corrected chi connectivity index (χ3v) is 5.52. The Hall–Kier alpha value is -3.15. The summed E-state index contributed by atoms with van der Waals surface area (Å²) in [7, 11) is 0. The Morgan fingerprint density at radius 2 is 1.66 bits per heavy atom. The van der Waals surface area contributed by atoms with Gasteiger partial charge in [-0.2, -0.15) is 0 Å². The highest BCUT2D eigenvalue weighted by molar-refractivity contribution is 6.04. The average Bonchev–Trinajstić information content (AvgIpc) is 3.41. The van der Waals surface area contributed by atoms with Crippen LogP contribution in [0.15, 0.2) is 48.5 Å². The van der Waals surface area contributed by atoms with Crippen LogP contribution in [0.5, 0.6) is 0 Å². The van der Waals surface area contributed by atoms with E-state index in [1.165, 1.54) is 0 Å². The van der Waals surface area contributed by atoms with E-state index in [2.05, 4.69) is 5.32 Å². The van der Waals surface area contributed by atoms with E-state index in [1.54, 1.807) is 30.3 Å². The smallest absolute Gasteiger partial charge is 0.255 e. The fraction of sp³-hybridized carbons (Fsp3) is 0.348. The summed E-state index contributed by atoms with van der Waals surface area (Å²) in [6.45, 7) is 2.94. The van der Waals surface area contributed by atoms with E-state index in [9.17, 15) is 14.4 Å². The molecule has 29 heavy (non-hydrogen) atoms. The lowest BCUT2D eigenvalue weighted by Crippen LogP contribution is -2.27. The Morgan fingerprint density at radius 3 is 2.34 bits per heavy atom. The zero-order valence-electron chi connectivity index (χ0n) is 16.4. The number of benzene rings is 2. The molecule has 0 atom stereocenters. The van der Waals surface area contributed by atoms with Crippen LogP contribution in [0.2, 0.25) is 0 Å². The van der Waals surface area contributed by atoms with Crippen molar-refractivity contribution < 1.29 is 14.4 Å². The molecule has 0 radical (unpaired) electrons. The van der Waals surface area contributed by atoms with Crippen molar-refractivity contribution in [3.05, 3.63) is 65.2 Å². The van der Waals surface area contributed by atoms with Gasteiger partial charge in [0.1, 0.15) is 0 Å². The minimum Gasteiger partial charge on any atom is -0.339 e. The lowest BCUT2D eigenvalue weighted by molar-refractivity contribution is -0.128. The van der Waals surface area contributed by atoms with E-state index in [0.29, 0.717) is 29.8 Å². The van der Waals surface area contributed by atoms with Gasteiger partial charge in [-0.05, 0) is 61.2 Å². The molecule has 0 bridgehead atoms. The quantitative estimate of drug-likeness (QED) is 0.850. The molecule has 1 N–H and O–H groups in total. The van der Waals surface area contributed by atoms with E-state index in [4.69, 9.17) is 0 Å². The van der Waals surface area contributed by atoms with Crippen LogP contribution in [0.3, 0.4) is 0 Å². The molecule has 0 unspecified atom stereocenters. The van der Waals surface area contributed by atoms with Crippen molar-refractivity contribution in [3.63, 3.8) is 0 Å². The van der Waals surface area contributed by atoms with Crippen LogP contribution in [0.1, 0.15) is 52.0 Å². The Kier molecular flexibility index (Phi) is 5.60. The lowest BCUT2D eigenvalue weighted by Gasteiger charge is -2.16. The van der Waals surface area contributed by atoms with Gasteiger partial charge >= 0.3 is 0 Å². The number of carbonyl (C=O) groups is 3. The SMILES string of the molecule is O=C(Nc1ccc(C(=O)N2CCCC2)cc1)c1cccc(CN2CCCC2=O)c1. The van der Waals surface area contributed by atoms with Crippen LogP contribution >= 0.6 is 0 Å². The first-order valence-electron chi connectivity index (χ1n) is 10.2. The molecule has 0 saturated carbocycles. The molecule has 6 heteroatoms. The molecule has 4 rings (SSSR count). The van der Waals surface area contributed by atoms with Crippen LogP contribution < -0.4 is 5.32 Å². The number of nitrogens with one attached hydrogen (secondary N) is 1. The zero-order chi connectivity index (χ0) is 20.2. The maximum Gasteiger partial charge on any atom is 0.255 e. The number of likely N-dealkylation sites (tertiary alicyclic amines) is 2. The highest BCUT2D eigenvalue weighted by Gasteiger charge is 2.21. The van der Waals surface area contributed by atoms with Gasteiger partial charge in [0.2, 0.25) is 5.91 Å². The van der Waals surface area contributed by atoms with E-state index in [-0.39, 0.29) is 17.7 Å². The molecule has 0 aromatic heterocycles. The number of nitrogens with zero attached hydrogens (tertiary/aromatic N) is 2. The number of carbonyl (C=O) groups excluding carboxylic acids is 3. The topological polar surface area (TPSA) is 69.7 Å². The predicted octanol–water partition coefficient (Wildman–Crippen LogP) is 3.30. The molecule has 0 aliphatic carbocycles. The monoisotopic (exact) mass is 391 g/mol. The Labute approximate surface area is 170 Å². The molecule has 2 aromatic rings. The summed E-state index contributed by atoms with van der Waals surface area (Å²) >= 11 is 0. The standard InChI is InChI=1S/C23H25N3O3/c27-21-7-4-14-26(21)16-17-5-3-6-19(15-17)22(28)24-20-10-8-18(9-11-20)23(29)25-12-1-2-13-25/h3,5-6,8-11,15H,1-2,4,7,12-14,16H2,(H,24,28). The summed E-state index contributed by atoms with van der Waals surface area (Å²) in [5.74, 6) is 0.00572. The lowest BCUT2D eigenvalue weighted by atomic mass is 10.1. The first kappa shape index (κ1) is 19.2. The van der Waals surface area contributed by atoms with Gasteiger partial charge < -0.3 is 15.1 Å². The number of hydrogen-bond donors (Lipinski definition) is 1. The minimum atomic E-state index is -0.210. The molecule has 2 aliphatic rings. The maximum absolute atomic E-state index is 12.6.